The molecule has 0 aromatic carbocycles. The first-order valence-corrected chi connectivity index (χ1v) is 5.38. The van der Waals surface area contributed by atoms with Gasteiger partial charge in [0, 0.05) is 0 Å². The molecule has 8 heteroatoms. The van der Waals surface area contributed by atoms with E-state index in [0.29, 0.717) is 0 Å². The lowest BCUT2D eigenvalue weighted by Gasteiger charge is -2.08. The second-order valence-electron chi connectivity index (χ2n) is 4.11. The molecule has 0 unspecified atom stereocenters. The molecule has 0 saturated heterocycles. The maximum Gasteiger partial charge on any atom is 0.308 e. The molecule has 0 bridgehead atoms. The summed E-state index contributed by atoms with van der Waals surface area (Å²) in [7, 11) is 0. The molecule has 0 atom stereocenters. The fraction of sp³-hybridized carbons (Fsp3) is 0.273. The van der Waals surface area contributed by atoms with Crippen molar-refractivity contribution >= 4 is 11.7 Å². The first-order chi connectivity index (χ1) is 8.82. The van der Waals surface area contributed by atoms with Crippen molar-refractivity contribution < 1.29 is 15.0 Å². The van der Waals surface area contributed by atoms with E-state index in [2.05, 4.69) is 9.97 Å². The summed E-state index contributed by atoms with van der Waals surface area (Å²) in [4.78, 5) is 40.6. The summed E-state index contributed by atoms with van der Waals surface area (Å²) < 4.78 is 0.794. The molecule has 100 valence electrons. The van der Waals surface area contributed by atoms with E-state index >= 15 is 0 Å². The number of hydrogen-bond donors (Lipinski definition) is 3. The second-order valence-corrected chi connectivity index (χ2v) is 4.11. The summed E-state index contributed by atoms with van der Waals surface area (Å²) in [5, 5.41) is 18.6. The van der Waals surface area contributed by atoms with Gasteiger partial charge in [-0.05, 0) is 13.8 Å². The predicted molar refractivity (Wildman–Crippen MR) is 64.6 cm³/mol. The quantitative estimate of drug-likeness (QED) is 0.661. The SMILES string of the molecule is Cc1nc2[nH]c(=O)c(C)c(O)n2c(=O)c1CC(=O)O. The number of nitrogens with zero attached hydrogens (tertiary/aromatic N) is 2. The van der Waals surface area contributed by atoms with E-state index in [1.54, 1.807) is 0 Å². The maximum absolute atomic E-state index is 12.1. The van der Waals surface area contributed by atoms with Gasteiger partial charge in [0.15, 0.2) is 0 Å². The maximum atomic E-state index is 12.1. The predicted octanol–water partition coefficient (Wildman–Crippen LogP) is -0.668. The number of nitrogens with one attached hydrogen (secondary N) is 1. The Morgan fingerprint density at radius 3 is 2.58 bits per heavy atom. The monoisotopic (exact) mass is 265 g/mol. The van der Waals surface area contributed by atoms with Crippen molar-refractivity contribution in [1.29, 1.82) is 0 Å². The number of carbonyl (C=O) groups is 1. The molecule has 0 aliphatic rings. The van der Waals surface area contributed by atoms with Gasteiger partial charge in [0.2, 0.25) is 11.7 Å². The van der Waals surface area contributed by atoms with Crippen LogP contribution in [0.5, 0.6) is 5.88 Å². The standard InChI is InChI=1S/C11H11N3O5/c1-4-8(17)13-11-12-5(2)6(3-7(15)16)10(19)14(11)9(4)18/h18H,3H2,1-2H3,(H,15,16)(H,12,13,17). The lowest BCUT2D eigenvalue weighted by atomic mass is 10.2. The number of hydrogen-bond acceptors (Lipinski definition) is 5. The Labute approximate surface area is 106 Å². The number of aliphatic carboxylic acids is 1. The number of fused-ring (bicyclic) bond motifs is 1. The molecule has 2 rings (SSSR count). The van der Waals surface area contributed by atoms with Crippen LogP contribution < -0.4 is 11.1 Å². The van der Waals surface area contributed by atoms with Crippen LogP contribution in [0.3, 0.4) is 0 Å². The molecule has 2 aromatic heterocycles. The van der Waals surface area contributed by atoms with Gasteiger partial charge in [0.1, 0.15) is 0 Å². The van der Waals surface area contributed by atoms with Crippen LogP contribution in [0.25, 0.3) is 5.78 Å². The van der Waals surface area contributed by atoms with Crippen LogP contribution in [0, 0.1) is 13.8 Å². The Balaban J connectivity index is 2.95. The summed E-state index contributed by atoms with van der Waals surface area (Å²) in [5.74, 6) is -1.84. The van der Waals surface area contributed by atoms with Crippen molar-refractivity contribution in [2.24, 2.45) is 0 Å². The molecule has 19 heavy (non-hydrogen) atoms. The average Bonchev–Trinajstić information content (AvgIpc) is 2.31. The third-order valence-electron chi connectivity index (χ3n) is 2.82. The highest BCUT2D eigenvalue weighted by Gasteiger charge is 2.17. The molecule has 0 saturated carbocycles. The summed E-state index contributed by atoms with van der Waals surface area (Å²) in [5.41, 5.74) is -1.14. The van der Waals surface area contributed by atoms with Gasteiger partial charge in [0.05, 0.1) is 23.2 Å². The molecule has 0 radical (unpaired) electrons. The van der Waals surface area contributed by atoms with Crippen molar-refractivity contribution in [2.75, 3.05) is 0 Å². The zero-order chi connectivity index (χ0) is 14.3. The Bertz CT molecular complexity index is 803. The minimum absolute atomic E-state index is 0.0354. The normalized spacial score (nSPS) is 10.8. The highest BCUT2D eigenvalue weighted by Crippen LogP contribution is 2.11. The van der Waals surface area contributed by atoms with Crippen molar-refractivity contribution in [3.63, 3.8) is 0 Å². The number of aromatic amines is 1. The largest absolute Gasteiger partial charge is 0.494 e. The zero-order valence-corrected chi connectivity index (χ0v) is 10.2. The first kappa shape index (κ1) is 12.8. The third kappa shape index (κ3) is 1.96. The lowest BCUT2D eigenvalue weighted by molar-refractivity contribution is -0.136. The number of aromatic nitrogens is 3. The zero-order valence-electron chi connectivity index (χ0n) is 10.2. The molecule has 0 aliphatic carbocycles. The van der Waals surface area contributed by atoms with E-state index in [1.807, 2.05) is 0 Å². The molecular formula is C11H11N3O5. The minimum Gasteiger partial charge on any atom is -0.494 e. The van der Waals surface area contributed by atoms with Crippen LogP contribution in [0.4, 0.5) is 0 Å². The first-order valence-electron chi connectivity index (χ1n) is 5.38. The van der Waals surface area contributed by atoms with E-state index in [-0.39, 0.29) is 22.6 Å². The molecule has 0 aliphatic heterocycles. The molecular weight excluding hydrogens is 254 g/mol. The number of aromatic hydroxyl groups is 1. The third-order valence-corrected chi connectivity index (χ3v) is 2.82. The van der Waals surface area contributed by atoms with Crippen LogP contribution in [0.15, 0.2) is 9.59 Å². The van der Waals surface area contributed by atoms with Gasteiger partial charge < -0.3 is 10.2 Å². The average molecular weight is 265 g/mol. The number of rotatable bonds is 2. The van der Waals surface area contributed by atoms with Gasteiger partial charge in [-0.3, -0.25) is 19.4 Å². The number of aryl methyl sites for hydroxylation is 1. The summed E-state index contributed by atoms with van der Waals surface area (Å²) in [6, 6.07) is 0. The molecule has 0 amide bonds. The molecule has 3 N–H and O–H groups in total. The Kier molecular flexibility index (Phi) is 2.85. The van der Waals surface area contributed by atoms with Gasteiger partial charge in [-0.1, -0.05) is 0 Å². The van der Waals surface area contributed by atoms with Crippen molar-refractivity contribution in [1.82, 2.24) is 14.4 Å². The van der Waals surface area contributed by atoms with Crippen LogP contribution >= 0.6 is 0 Å². The number of carboxylic acids is 1. The molecule has 0 fully saturated rings. The summed E-state index contributed by atoms with van der Waals surface area (Å²) in [6.45, 7) is 2.81. The van der Waals surface area contributed by atoms with Crippen LogP contribution in [-0.4, -0.2) is 30.6 Å². The van der Waals surface area contributed by atoms with Gasteiger partial charge >= 0.3 is 5.97 Å². The van der Waals surface area contributed by atoms with E-state index in [0.717, 1.165) is 4.40 Å². The second kappa shape index (κ2) is 4.23. The van der Waals surface area contributed by atoms with Gasteiger partial charge in [-0.15, -0.1) is 0 Å². The Morgan fingerprint density at radius 2 is 2.00 bits per heavy atom. The summed E-state index contributed by atoms with van der Waals surface area (Å²) in [6.07, 6.45) is -0.502. The van der Waals surface area contributed by atoms with E-state index < -0.39 is 29.4 Å². The number of H-pyrrole nitrogens is 1. The van der Waals surface area contributed by atoms with Gasteiger partial charge in [0.25, 0.3) is 11.1 Å². The van der Waals surface area contributed by atoms with Gasteiger partial charge in [-0.2, -0.15) is 0 Å². The van der Waals surface area contributed by atoms with Crippen LogP contribution in [0.1, 0.15) is 16.8 Å². The van der Waals surface area contributed by atoms with Crippen LogP contribution in [-0.2, 0) is 11.2 Å². The number of carboxylic acid groups (broad SMARTS) is 1. The lowest BCUT2D eigenvalue weighted by Crippen LogP contribution is -2.27. The van der Waals surface area contributed by atoms with Crippen molar-refractivity contribution in [3.8, 4) is 5.88 Å². The molecule has 2 aromatic rings. The van der Waals surface area contributed by atoms with Crippen molar-refractivity contribution in [3.05, 3.63) is 37.5 Å². The smallest absolute Gasteiger partial charge is 0.308 e. The fourth-order valence-electron chi connectivity index (χ4n) is 1.76. The topological polar surface area (TPSA) is 125 Å². The van der Waals surface area contributed by atoms with Crippen LogP contribution in [0.2, 0.25) is 0 Å². The summed E-state index contributed by atoms with van der Waals surface area (Å²) >= 11 is 0. The highest BCUT2D eigenvalue weighted by molar-refractivity contribution is 5.70. The molecule has 0 spiro atoms. The highest BCUT2D eigenvalue weighted by atomic mass is 16.4. The molecule has 8 nitrogen and oxygen atoms in total. The van der Waals surface area contributed by atoms with E-state index in [9.17, 15) is 19.5 Å². The fourth-order valence-corrected chi connectivity index (χ4v) is 1.76. The van der Waals surface area contributed by atoms with Crippen molar-refractivity contribution in [2.45, 2.75) is 20.3 Å². The van der Waals surface area contributed by atoms with Gasteiger partial charge in [-0.25, -0.2) is 9.38 Å². The van der Waals surface area contributed by atoms with E-state index in [4.69, 9.17) is 5.11 Å². The molecule has 2 heterocycles. The Hall–Kier alpha value is -2.64. The Morgan fingerprint density at radius 1 is 1.37 bits per heavy atom. The minimum atomic E-state index is -1.18. The van der Waals surface area contributed by atoms with E-state index in [1.165, 1.54) is 13.8 Å².